The zero-order chi connectivity index (χ0) is 32.5. The smallest absolute Gasteiger partial charge is 0.188 e. The summed E-state index contributed by atoms with van der Waals surface area (Å²) in [7, 11) is -2.88. The summed E-state index contributed by atoms with van der Waals surface area (Å²) in [5.74, 6) is 0. The molecule has 0 unspecified atom stereocenters. The first-order valence-corrected chi connectivity index (χ1v) is 17.9. The van der Waals surface area contributed by atoms with E-state index in [-0.39, 0.29) is 0 Å². The van der Waals surface area contributed by atoms with Crippen molar-refractivity contribution in [2.45, 2.75) is 0 Å². The fourth-order valence-electron chi connectivity index (χ4n) is 7.33. The van der Waals surface area contributed by atoms with Gasteiger partial charge in [0.15, 0.2) is 19.4 Å². The van der Waals surface area contributed by atoms with Crippen LogP contribution in [-0.4, -0.2) is 12.6 Å². The van der Waals surface area contributed by atoms with Gasteiger partial charge in [-0.2, -0.15) is 0 Å². The van der Waals surface area contributed by atoms with Gasteiger partial charge in [0.05, 0.1) is 29.9 Å². The monoisotopic (exact) mass is 627 g/mol. The zero-order valence-corrected chi connectivity index (χ0v) is 27.1. The third-order valence-corrected chi connectivity index (χ3v) is 14.2. The Bertz CT molecular complexity index is 2480. The van der Waals surface area contributed by atoms with Gasteiger partial charge in [-0.3, -0.25) is 0 Å². The van der Waals surface area contributed by atoms with Crippen LogP contribution in [0.25, 0.3) is 48.3 Å². The van der Waals surface area contributed by atoms with Crippen molar-refractivity contribution in [1.82, 2.24) is 4.57 Å². The molecule has 0 aliphatic rings. The average molecular weight is 628 g/mol. The zero-order valence-electron chi connectivity index (χ0n) is 26.1. The van der Waals surface area contributed by atoms with Gasteiger partial charge in [-0.15, -0.1) is 0 Å². The molecular weight excluding hydrogens is 599 g/mol. The Morgan fingerprint density at radius 2 is 1.04 bits per heavy atom. The van der Waals surface area contributed by atoms with E-state index >= 15 is 0 Å². The second kappa shape index (κ2) is 12.0. The molecule has 1 heterocycles. The van der Waals surface area contributed by atoms with E-state index in [1.54, 1.807) is 0 Å². The highest BCUT2D eigenvalue weighted by molar-refractivity contribution is 7.20. The molecule has 0 amide bonds. The van der Waals surface area contributed by atoms with E-state index in [0.29, 0.717) is 11.4 Å². The number of fused-ring (bicyclic) bond motifs is 3. The van der Waals surface area contributed by atoms with Gasteiger partial charge in [0.1, 0.15) is 0 Å². The second-order valence-electron chi connectivity index (χ2n) is 11.9. The van der Waals surface area contributed by atoms with E-state index in [4.69, 9.17) is 13.1 Å². The maximum Gasteiger partial charge on any atom is 0.188 e. The third-order valence-electron chi connectivity index (χ3n) is 9.40. The Kier molecular flexibility index (Phi) is 7.27. The molecule has 0 aliphatic heterocycles. The summed E-state index contributed by atoms with van der Waals surface area (Å²) in [6, 6.07) is 61.6. The lowest BCUT2D eigenvalue weighted by Crippen LogP contribution is -2.74. The predicted octanol–water partition coefficient (Wildman–Crippen LogP) is 8.93. The van der Waals surface area contributed by atoms with Gasteiger partial charge in [0.25, 0.3) is 0 Å². The number of hydrogen-bond acceptors (Lipinski definition) is 0. The van der Waals surface area contributed by atoms with Crippen LogP contribution in [0, 0.1) is 13.1 Å². The number of nitrogens with zero attached hydrogens (tertiary/aromatic N) is 3. The molecule has 224 valence electrons. The lowest BCUT2D eigenvalue weighted by Gasteiger charge is -2.35. The molecule has 0 saturated carbocycles. The molecule has 8 rings (SSSR count). The van der Waals surface area contributed by atoms with Crippen LogP contribution in [0.15, 0.2) is 176 Å². The molecule has 0 atom stereocenters. The fraction of sp³-hybridized carbons (Fsp3) is 0. The number of aromatic nitrogens is 1. The van der Waals surface area contributed by atoms with E-state index in [0.717, 1.165) is 43.8 Å². The summed E-state index contributed by atoms with van der Waals surface area (Å²) in [4.78, 5) is 7.75. The van der Waals surface area contributed by atoms with E-state index in [9.17, 15) is 0 Å². The highest BCUT2D eigenvalue weighted by Gasteiger charge is 2.42. The molecule has 0 spiro atoms. The molecule has 1 aromatic heterocycles. The molecule has 0 radical (unpaired) electrons. The van der Waals surface area contributed by atoms with Crippen molar-refractivity contribution < 1.29 is 0 Å². The van der Waals surface area contributed by atoms with Gasteiger partial charge < -0.3 is 4.57 Å². The maximum absolute atomic E-state index is 8.16. The Balaban J connectivity index is 1.36. The van der Waals surface area contributed by atoms with E-state index in [1.165, 1.54) is 15.6 Å². The molecule has 0 saturated heterocycles. The first-order chi connectivity index (χ1) is 23.7. The lowest BCUT2D eigenvalue weighted by molar-refractivity contribution is 1.18. The number of para-hydroxylation sites is 3. The van der Waals surface area contributed by atoms with Crippen molar-refractivity contribution >= 4 is 62.0 Å². The van der Waals surface area contributed by atoms with Crippen molar-refractivity contribution in [3.63, 3.8) is 0 Å². The summed E-state index contributed by atoms with van der Waals surface area (Å²) < 4.78 is 2.32. The molecule has 7 aromatic carbocycles. The minimum atomic E-state index is -2.88. The first kappa shape index (κ1) is 29.0. The van der Waals surface area contributed by atoms with E-state index in [1.807, 2.05) is 24.3 Å². The number of rotatable bonds is 6. The lowest BCUT2D eigenvalue weighted by atomic mass is 10.0. The standard InChI is InChI=1S/C44H29N3Si/c1-45-33-27-30-43-39(31-33)38-20-10-13-23-42(38)47(43)41-22-12-9-19-37(41)32-25-28-36(29-26-32)48(34-15-5-3-6-16-34,35-17-7-4-8-18-35)44-24-14-11-21-40(44)46-2/h3-31H. The molecule has 48 heavy (non-hydrogen) atoms. The van der Waals surface area contributed by atoms with E-state index in [2.05, 4.69) is 166 Å². The Morgan fingerprint density at radius 1 is 0.458 bits per heavy atom. The first-order valence-electron chi connectivity index (χ1n) is 15.9. The van der Waals surface area contributed by atoms with Crippen molar-refractivity contribution in [3.8, 4) is 16.8 Å². The SMILES string of the molecule is [C-]#[N+]c1ccc2c(c1)c1ccccc1n2-c1ccccc1-c1ccc([Si](c2ccccc2)(c2ccccc2)c2ccccc2[N+]#[C-])cc1. The summed E-state index contributed by atoms with van der Waals surface area (Å²) in [5.41, 5.74) is 6.82. The van der Waals surface area contributed by atoms with Gasteiger partial charge in [-0.05, 0) is 56.0 Å². The van der Waals surface area contributed by atoms with Crippen molar-refractivity contribution in [2.24, 2.45) is 0 Å². The minimum absolute atomic E-state index is 0.638. The van der Waals surface area contributed by atoms with Crippen LogP contribution < -0.4 is 20.7 Å². The fourth-order valence-corrected chi connectivity index (χ4v) is 12.2. The van der Waals surface area contributed by atoms with Gasteiger partial charge >= 0.3 is 0 Å². The van der Waals surface area contributed by atoms with Gasteiger partial charge in [-0.25, -0.2) is 9.69 Å². The summed E-state index contributed by atoms with van der Waals surface area (Å²) in [6.07, 6.45) is 0. The van der Waals surface area contributed by atoms with Crippen LogP contribution in [0.2, 0.25) is 0 Å². The minimum Gasteiger partial charge on any atom is -0.309 e. The molecule has 4 heteroatoms. The van der Waals surface area contributed by atoms with Crippen molar-refractivity contribution in [1.29, 1.82) is 0 Å². The van der Waals surface area contributed by atoms with Crippen LogP contribution in [0.4, 0.5) is 11.4 Å². The summed E-state index contributed by atoms with van der Waals surface area (Å²) in [5, 5.41) is 7.00. The highest BCUT2D eigenvalue weighted by Crippen LogP contribution is 2.37. The molecular formula is C44H29N3Si. The average Bonchev–Trinajstić information content (AvgIpc) is 3.50. The summed E-state index contributed by atoms with van der Waals surface area (Å²) in [6.45, 7) is 15.8. The third kappa shape index (κ3) is 4.55. The van der Waals surface area contributed by atoms with Crippen LogP contribution >= 0.6 is 0 Å². The molecule has 0 N–H and O–H groups in total. The maximum atomic E-state index is 8.16. The largest absolute Gasteiger partial charge is 0.309 e. The molecule has 3 nitrogen and oxygen atoms in total. The molecule has 0 aliphatic carbocycles. The number of hydrogen-bond donors (Lipinski definition) is 0. The second-order valence-corrected chi connectivity index (χ2v) is 15.6. The Morgan fingerprint density at radius 3 is 1.75 bits per heavy atom. The summed E-state index contributed by atoms with van der Waals surface area (Å²) >= 11 is 0. The molecule has 8 aromatic rings. The predicted molar refractivity (Wildman–Crippen MR) is 202 cm³/mol. The van der Waals surface area contributed by atoms with Crippen LogP contribution in [-0.2, 0) is 0 Å². The molecule has 0 fully saturated rings. The quantitative estimate of drug-likeness (QED) is 0.0993. The Hall–Kier alpha value is -6.46. The normalized spacial score (nSPS) is 11.3. The van der Waals surface area contributed by atoms with Crippen molar-refractivity contribution in [2.75, 3.05) is 0 Å². The van der Waals surface area contributed by atoms with Gasteiger partial charge in [0, 0.05) is 10.9 Å². The Labute approximate surface area is 281 Å². The molecule has 0 bridgehead atoms. The van der Waals surface area contributed by atoms with Gasteiger partial charge in [0.2, 0.25) is 0 Å². The topological polar surface area (TPSA) is 13.6 Å². The van der Waals surface area contributed by atoms with Crippen molar-refractivity contribution in [3.05, 3.63) is 199 Å². The van der Waals surface area contributed by atoms with Crippen LogP contribution in [0.5, 0.6) is 0 Å². The number of benzene rings is 7. The highest BCUT2D eigenvalue weighted by atomic mass is 28.3. The van der Waals surface area contributed by atoms with E-state index < -0.39 is 8.07 Å². The van der Waals surface area contributed by atoms with Crippen LogP contribution in [0.3, 0.4) is 0 Å². The van der Waals surface area contributed by atoms with Crippen LogP contribution in [0.1, 0.15) is 0 Å². The van der Waals surface area contributed by atoms with Gasteiger partial charge in [-0.1, -0.05) is 152 Å².